The van der Waals surface area contributed by atoms with Crippen molar-refractivity contribution >= 4 is 0 Å². The molecule has 0 amide bonds. The lowest BCUT2D eigenvalue weighted by Gasteiger charge is -2.27. The predicted octanol–water partition coefficient (Wildman–Crippen LogP) is 4.71. The highest BCUT2D eigenvalue weighted by molar-refractivity contribution is 5.08. The standard InChI is InChI=1S/C15H24/c1-12-6-8-14(9-7-12)11-15-5-3-4-13(2)10-15/h3,12-14H,4,6-11H2,1-2H3. The van der Waals surface area contributed by atoms with E-state index in [9.17, 15) is 0 Å². The number of rotatable bonds is 2. The Morgan fingerprint density at radius 1 is 1.13 bits per heavy atom. The summed E-state index contributed by atoms with van der Waals surface area (Å²) in [6.45, 7) is 4.76. The Labute approximate surface area is 94.5 Å². The molecule has 0 nitrogen and oxygen atoms in total. The quantitative estimate of drug-likeness (QED) is 0.571. The molecular formula is C15H24. The van der Waals surface area contributed by atoms with Crippen LogP contribution in [0.3, 0.4) is 0 Å². The van der Waals surface area contributed by atoms with Gasteiger partial charge in [0, 0.05) is 0 Å². The van der Waals surface area contributed by atoms with Crippen LogP contribution in [0.2, 0.25) is 0 Å². The Hall–Kier alpha value is -0.480. The van der Waals surface area contributed by atoms with Gasteiger partial charge in [0.05, 0.1) is 0 Å². The molecule has 1 atom stereocenters. The van der Waals surface area contributed by atoms with Crippen LogP contribution in [-0.2, 0) is 0 Å². The van der Waals surface area contributed by atoms with Crippen LogP contribution in [0.25, 0.3) is 0 Å². The molecule has 84 valence electrons. The van der Waals surface area contributed by atoms with Crippen LogP contribution < -0.4 is 0 Å². The first-order chi connectivity index (χ1) is 7.24. The predicted molar refractivity (Wildman–Crippen MR) is 65.7 cm³/mol. The topological polar surface area (TPSA) is 0 Å². The molecule has 0 aromatic carbocycles. The molecule has 0 saturated heterocycles. The maximum atomic E-state index is 3.50. The van der Waals surface area contributed by atoms with E-state index in [2.05, 4.69) is 25.7 Å². The highest BCUT2D eigenvalue weighted by Gasteiger charge is 2.20. The first kappa shape index (κ1) is 11.0. The second-order valence-electron chi connectivity index (χ2n) is 5.83. The van der Waals surface area contributed by atoms with Gasteiger partial charge in [-0.25, -0.2) is 0 Å². The fraction of sp³-hybridized carbons (Fsp3) is 0.800. The second kappa shape index (κ2) is 5.03. The molecular weight excluding hydrogens is 180 g/mol. The minimum atomic E-state index is 0.865. The van der Waals surface area contributed by atoms with E-state index in [1.807, 2.05) is 0 Å². The molecule has 0 aromatic rings. The summed E-state index contributed by atoms with van der Waals surface area (Å²) in [7, 11) is 0. The van der Waals surface area contributed by atoms with Crippen molar-refractivity contribution in [3.63, 3.8) is 0 Å². The van der Waals surface area contributed by atoms with Gasteiger partial charge >= 0.3 is 0 Å². The van der Waals surface area contributed by atoms with Gasteiger partial charge in [-0.1, -0.05) is 26.7 Å². The number of hydrogen-bond acceptors (Lipinski definition) is 0. The van der Waals surface area contributed by atoms with E-state index in [0.29, 0.717) is 0 Å². The van der Waals surface area contributed by atoms with Gasteiger partial charge in [-0.05, 0) is 61.5 Å². The lowest BCUT2D eigenvalue weighted by atomic mass is 9.78. The van der Waals surface area contributed by atoms with Crippen LogP contribution in [0.1, 0.15) is 58.8 Å². The lowest BCUT2D eigenvalue weighted by Crippen LogP contribution is -2.13. The summed E-state index contributed by atoms with van der Waals surface area (Å²) < 4.78 is 0. The maximum absolute atomic E-state index is 3.50. The molecule has 0 aromatic heterocycles. The van der Waals surface area contributed by atoms with Crippen LogP contribution in [0.4, 0.5) is 0 Å². The highest BCUT2D eigenvalue weighted by Crippen LogP contribution is 2.34. The minimum Gasteiger partial charge on any atom is -0.126 e. The van der Waals surface area contributed by atoms with Gasteiger partial charge in [0.15, 0.2) is 0 Å². The molecule has 0 heteroatoms. The average Bonchev–Trinajstić information content (AvgIpc) is 2.22. The molecule has 0 aliphatic heterocycles. The third-order valence-corrected chi connectivity index (χ3v) is 4.09. The highest BCUT2D eigenvalue weighted by atomic mass is 14.3. The number of hydrogen-bond donors (Lipinski definition) is 0. The first-order valence-corrected chi connectivity index (χ1v) is 6.67. The molecule has 0 spiro atoms. The van der Waals surface area contributed by atoms with Gasteiger partial charge in [0.1, 0.15) is 0 Å². The second-order valence-corrected chi connectivity index (χ2v) is 5.83. The maximum Gasteiger partial charge on any atom is -0.0215 e. The average molecular weight is 204 g/mol. The van der Waals surface area contributed by atoms with Crippen LogP contribution in [0.5, 0.6) is 0 Å². The van der Waals surface area contributed by atoms with Crippen molar-refractivity contribution in [1.29, 1.82) is 0 Å². The largest absolute Gasteiger partial charge is 0.126 e. The van der Waals surface area contributed by atoms with Crippen molar-refractivity contribution in [2.75, 3.05) is 0 Å². The van der Waals surface area contributed by atoms with Gasteiger partial charge in [0.2, 0.25) is 0 Å². The summed E-state index contributed by atoms with van der Waals surface area (Å²) in [6.07, 6.45) is 12.0. The minimum absolute atomic E-state index is 0.865. The molecule has 0 N–H and O–H groups in total. The van der Waals surface area contributed by atoms with Gasteiger partial charge in [-0.15, -0.1) is 5.73 Å². The molecule has 1 fully saturated rings. The van der Waals surface area contributed by atoms with Crippen LogP contribution >= 0.6 is 0 Å². The van der Waals surface area contributed by atoms with E-state index in [1.165, 1.54) is 44.9 Å². The summed E-state index contributed by atoms with van der Waals surface area (Å²) in [5.41, 5.74) is 5.10. The van der Waals surface area contributed by atoms with E-state index in [0.717, 1.165) is 17.8 Å². The van der Waals surface area contributed by atoms with Gasteiger partial charge < -0.3 is 0 Å². The fourth-order valence-corrected chi connectivity index (χ4v) is 2.99. The SMILES string of the molecule is CC1CCC(CC2=C=CCC(C)C2)CC1. The fourth-order valence-electron chi connectivity index (χ4n) is 2.99. The lowest BCUT2D eigenvalue weighted by molar-refractivity contribution is 0.285. The molecule has 1 saturated carbocycles. The molecule has 2 aliphatic rings. The van der Waals surface area contributed by atoms with Gasteiger partial charge in [-0.2, -0.15) is 0 Å². The van der Waals surface area contributed by atoms with E-state index >= 15 is 0 Å². The third kappa shape index (κ3) is 3.24. The first-order valence-electron chi connectivity index (χ1n) is 6.67. The normalized spacial score (nSPS) is 36.4. The summed E-state index contributed by atoms with van der Waals surface area (Å²) in [6, 6.07) is 0. The van der Waals surface area contributed by atoms with Crippen molar-refractivity contribution in [2.45, 2.75) is 58.8 Å². The Balaban J connectivity index is 1.84. The van der Waals surface area contributed by atoms with Crippen LogP contribution in [-0.4, -0.2) is 0 Å². The van der Waals surface area contributed by atoms with Crippen LogP contribution in [0.15, 0.2) is 17.4 Å². The third-order valence-electron chi connectivity index (χ3n) is 4.09. The molecule has 2 aliphatic carbocycles. The van der Waals surface area contributed by atoms with Crippen molar-refractivity contribution < 1.29 is 0 Å². The number of allylic oxidation sites excluding steroid dienone is 1. The molecule has 2 rings (SSSR count). The molecule has 0 bridgehead atoms. The van der Waals surface area contributed by atoms with Crippen molar-refractivity contribution in [3.8, 4) is 0 Å². The molecule has 15 heavy (non-hydrogen) atoms. The van der Waals surface area contributed by atoms with Crippen molar-refractivity contribution in [3.05, 3.63) is 17.4 Å². The smallest absolute Gasteiger partial charge is 0.0215 e. The van der Waals surface area contributed by atoms with E-state index in [4.69, 9.17) is 0 Å². The van der Waals surface area contributed by atoms with Gasteiger partial charge in [-0.3, -0.25) is 0 Å². The van der Waals surface area contributed by atoms with E-state index < -0.39 is 0 Å². The zero-order valence-electron chi connectivity index (χ0n) is 10.3. The monoisotopic (exact) mass is 204 g/mol. The van der Waals surface area contributed by atoms with E-state index in [-0.39, 0.29) is 0 Å². The Morgan fingerprint density at radius 2 is 1.87 bits per heavy atom. The summed E-state index contributed by atoms with van der Waals surface area (Å²) >= 11 is 0. The summed E-state index contributed by atoms with van der Waals surface area (Å²) in [5.74, 6) is 2.82. The van der Waals surface area contributed by atoms with Crippen molar-refractivity contribution in [2.24, 2.45) is 17.8 Å². The zero-order valence-corrected chi connectivity index (χ0v) is 10.3. The summed E-state index contributed by atoms with van der Waals surface area (Å²) in [4.78, 5) is 0. The molecule has 0 radical (unpaired) electrons. The van der Waals surface area contributed by atoms with Gasteiger partial charge in [0.25, 0.3) is 0 Å². The summed E-state index contributed by atoms with van der Waals surface area (Å²) in [5, 5.41) is 0. The zero-order chi connectivity index (χ0) is 10.7. The van der Waals surface area contributed by atoms with E-state index in [1.54, 1.807) is 5.57 Å². The van der Waals surface area contributed by atoms with Crippen LogP contribution in [0, 0.1) is 17.8 Å². The Bertz CT molecular complexity index is 260. The Morgan fingerprint density at radius 3 is 2.53 bits per heavy atom. The molecule has 0 heterocycles. The molecule has 1 unspecified atom stereocenters. The Kier molecular flexibility index (Phi) is 3.70. The van der Waals surface area contributed by atoms with Crippen molar-refractivity contribution in [1.82, 2.24) is 0 Å².